The summed E-state index contributed by atoms with van der Waals surface area (Å²) >= 11 is 6.69. The van der Waals surface area contributed by atoms with Gasteiger partial charge in [0.15, 0.2) is 0 Å². The molecule has 1 aromatic heterocycles. The van der Waals surface area contributed by atoms with Crippen molar-refractivity contribution in [3.8, 4) is 0 Å². The first-order chi connectivity index (χ1) is 15.3. The van der Waals surface area contributed by atoms with E-state index in [1.165, 1.54) is 18.2 Å². The summed E-state index contributed by atoms with van der Waals surface area (Å²) in [6.07, 6.45) is 0.0894. The second-order valence-corrected chi connectivity index (χ2v) is 9.49. The third-order valence-corrected chi connectivity index (χ3v) is 6.96. The number of fused-ring (bicyclic) bond motifs is 1. The minimum absolute atomic E-state index is 0.0700. The van der Waals surface area contributed by atoms with Gasteiger partial charge in [-0.2, -0.15) is 13.5 Å². The second kappa shape index (κ2) is 9.29. The molecule has 32 heavy (non-hydrogen) atoms. The lowest BCUT2D eigenvalue weighted by molar-refractivity contribution is -0.117. The van der Waals surface area contributed by atoms with Gasteiger partial charge in [-0.05, 0) is 42.3 Å². The fraction of sp³-hybridized carbons (Fsp3) is 0.0952. The molecule has 0 spiro atoms. The molecule has 3 aromatic carbocycles. The molecular weight excluding hydrogens is 475 g/mol. The number of halogens is 2. The molecule has 0 aliphatic carbocycles. The van der Waals surface area contributed by atoms with Crippen LogP contribution in [0.4, 0.5) is 10.1 Å². The van der Waals surface area contributed by atoms with Crippen molar-refractivity contribution in [3.63, 3.8) is 0 Å². The SMILES string of the molecule is O=C(Nc1ccc(F)c(Cl)c1)[C@H](Cc1ccccc1)NS(=O)(=O)c1cccc2nsnc12. The molecule has 0 aliphatic heterocycles. The van der Waals surface area contributed by atoms with E-state index >= 15 is 0 Å². The third-order valence-electron chi connectivity index (χ3n) is 4.62. The third kappa shape index (κ3) is 4.94. The van der Waals surface area contributed by atoms with Gasteiger partial charge in [-0.1, -0.05) is 48.0 Å². The van der Waals surface area contributed by atoms with E-state index < -0.39 is 27.8 Å². The summed E-state index contributed by atoms with van der Waals surface area (Å²) in [7, 11) is -4.12. The Kier molecular flexibility index (Phi) is 6.47. The van der Waals surface area contributed by atoms with Crippen LogP contribution in [0, 0.1) is 5.82 Å². The normalized spacial score (nSPS) is 12.6. The summed E-state index contributed by atoms with van der Waals surface area (Å²) in [6, 6.07) is 16.2. The molecule has 0 bridgehead atoms. The molecule has 0 unspecified atom stereocenters. The van der Waals surface area contributed by atoms with Crippen LogP contribution in [0.1, 0.15) is 5.56 Å². The van der Waals surface area contributed by atoms with Crippen molar-refractivity contribution in [2.24, 2.45) is 0 Å². The van der Waals surface area contributed by atoms with Crippen LogP contribution in [0.15, 0.2) is 71.6 Å². The highest BCUT2D eigenvalue weighted by Crippen LogP contribution is 2.23. The van der Waals surface area contributed by atoms with Crippen LogP contribution in [0.2, 0.25) is 5.02 Å². The lowest BCUT2D eigenvalue weighted by Crippen LogP contribution is -2.45. The van der Waals surface area contributed by atoms with Crippen LogP contribution in [0.3, 0.4) is 0 Å². The molecule has 11 heteroatoms. The highest BCUT2D eigenvalue weighted by atomic mass is 35.5. The molecule has 0 saturated heterocycles. The van der Waals surface area contributed by atoms with Crippen molar-refractivity contribution in [3.05, 3.63) is 83.1 Å². The van der Waals surface area contributed by atoms with E-state index in [2.05, 4.69) is 18.8 Å². The molecule has 0 saturated carbocycles. The van der Waals surface area contributed by atoms with Crippen molar-refractivity contribution in [2.75, 3.05) is 5.32 Å². The number of nitrogens with one attached hydrogen (secondary N) is 2. The number of carbonyl (C=O) groups is 1. The van der Waals surface area contributed by atoms with Gasteiger partial charge in [-0.15, -0.1) is 0 Å². The number of carbonyl (C=O) groups excluding carboxylic acids is 1. The summed E-state index contributed by atoms with van der Waals surface area (Å²) in [5.74, 6) is -1.25. The summed E-state index contributed by atoms with van der Waals surface area (Å²) in [5.41, 5.74) is 1.67. The Labute approximate surface area is 192 Å². The van der Waals surface area contributed by atoms with Crippen molar-refractivity contribution < 1.29 is 17.6 Å². The largest absolute Gasteiger partial charge is 0.325 e. The predicted octanol–water partition coefficient (Wildman–Crippen LogP) is 4.01. The zero-order valence-electron chi connectivity index (χ0n) is 16.3. The van der Waals surface area contributed by atoms with Crippen LogP contribution in [-0.4, -0.2) is 29.1 Å². The van der Waals surface area contributed by atoms with Crippen LogP contribution in [-0.2, 0) is 21.2 Å². The molecule has 0 radical (unpaired) electrons. The molecule has 7 nitrogen and oxygen atoms in total. The monoisotopic (exact) mass is 490 g/mol. The van der Waals surface area contributed by atoms with E-state index in [-0.39, 0.29) is 27.5 Å². The van der Waals surface area contributed by atoms with Crippen LogP contribution in [0.5, 0.6) is 0 Å². The van der Waals surface area contributed by atoms with E-state index in [1.807, 2.05) is 6.07 Å². The van der Waals surface area contributed by atoms with E-state index in [0.717, 1.165) is 23.4 Å². The first-order valence-corrected chi connectivity index (χ1v) is 12.0. The molecule has 1 amide bonds. The predicted molar refractivity (Wildman–Crippen MR) is 122 cm³/mol. The zero-order chi connectivity index (χ0) is 22.7. The van der Waals surface area contributed by atoms with Crippen molar-refractivity contribution in [1.29, 1.82) is 0 Å². The summed E-state index contributed by atoms with van der Waals surface area (Å²) in [5, 5.41) is 2.43. The Morgan fingerprint density at radius 3 is 2.59 bits per heavy atom. The lowest BCUT2D eigenvalue weighted by Gasteiger charge is -2.19. The Morgan fingerprint density at radius 1 is 1.06 bits per heavy atom. The van der Waals surface area contributed by atoms with Gasteiger partial charge < -0.3 is 5.32 Å². The van der Waals surface area contributed by atoms with Crippen LogP contribution >= 0.6 is 23.3 Å². The van der Waals surface area contributed by atoms with Crippen molar-refractivity contribution in [2.45, 2.75) is 17.4 Å². The fourth-order valence-corrected chi connectivity index (χ4v) is 5.23. The fourth-order valence-electron chi connectivity index (χ4n) is 3.09. The second-order valence-electron chi connectivity index (χ2n) is 6.87. The molecule has 2 N–H and O–H groups in total. The molecule has 1 atom stereocenters. The molecule has 0 aliphatic rings. The number of benzene rings is 3. The Morgan fingerprint density at radius 2 is 1.84 bits per heavy atom. The zero-order valence-corrected chi connectivity index (χ0v) is 18.7. The van der Waals surface area contributed by atoms with Gasteiger partial charge in [-0.25, -0.2) is 12.8 Å². The summed E-state index contributed by atoms with van der Waals surface area (Å²) in [6.45, 7) is 0. The maximum Gasteiger partial charge on any atom is 0.243 e. The van der Waals surface area contributed by atoms with Gasteiger partial charge in [-0.3, -0.25) is 4.79 Å². The molecule has 1 heterocycles. The van der Waals surface area contributed by atoms with Gasteiger partial charge in [0, 0.05) is 5.69 Å². The van der Waals surface area contributed by atoms with E-state index in [1.54, 1.807) is 36.4 Å². The standard InChI is InChI=1S/C21H16ClFN4O3S2/c22-15-12-14(9-10-16(15)23)24-21(28)18(11-13-5-2-1-3-6-13)27-32(29,30)19-8-4-7-17-20(19)26-31-25-17/h1-10,12,18,27H,11H2,(H,24,28)/t18-/m0/s1. The van der Waals surface area contributed by atoms with Crippen LogP contribution < -0.4 is 10.0 Å². The van der Waals surface area contributed by atoms with Crippen molar-refractivity contribution in [1.82, 2.24) is 13.5 Å². The van der Waals surface area contributed by atoms with E-state index in [0.29, 0.717) is 5.52 Å². The van der Waals surface area contributed by atoms with Gasteiger partial charge in [0.25, 0.3) is 0 Å². The number of anilines is 1. The first-order valence-electron chi connectivity index (χ1n) is 9.37. The topological polar surface area (TPSA) is 101 Å². The first kappa shape index (κ1) is 22.3. The average Bonchev–Trinajstić information content (AvgIpc) is 3.25. The quantitative estimate of drug-likeness (QED) is 0.407. The Hall–Kier alpha value is -2.92. The molecule has 4 aromatic rings. The summed E-state index contributed by atoms with van der Waals surface area (Å²) in [4.78, 5) is 13.0. The molecule has 4 rings (SSSR count). The van der Waals surface area contributed by atoms with E-state index in [9.17, 15) is 17.6 Å². The van der Waals surface area contributed by atoms with Gasteiger partial charge in [0.2, 0.25) is 15.9 Å². The number of amides is 1. The molecular formula is C21H16ClFN4O3S2. The number of rotatable bonds is 7. The number of hydrogen-bond donors (Lipinski definition) is 2. The highest BCUT2D eigenvalue weighted by Gasteiger charge is 2.28. The number of nitrogens with zero attached hydrogens (tertiary/aromatic N) is 2. The number of hydrogen-bond acceptors (Lipinski definition) is 6. The summed E-state index contributed by atoms with van der Waals surface area (Å²) < 4.78 is 50.4. The Balaban J connectivity index is 1.65. The van der Waals surface area contributed by atoms with Gasteiger partial charge in [0.1, 0.15) is 27.8 Å². The van der Waals surface area contributed by atoms with Crippen LogP contribution in [0.25, 0.3) is 11.0 Å². The van der Waals surface area contributed by atoms with E-state index in [4.69, 9.17) is 11.6 Å². The maximum atomic E-state index is 13.4. The minimum atomic E-state index is -4.12. The van der Waals surface area contributed by atoms with Crippen molar-refractivity contribution >= 4 is 56.0 Å². The smallest absolute Gasteiger partial charge is 0.243 e. The molecule has 164 valence electrons. The molecule has 0 fully saturated rings. The highest BCUT2D eigenvalue weighted by molar-refractivity contribution is 7.89. The van der Waals surface area contributed by atoms with Gasteiger partial charge in [0.05, 0.1) is 16.8 Å². The Bertz CT molecular complexity index is 1380. The maximum absolute atomic E-state index is 13.4. The minimum Gasteiger partial charge on any atom is -0.325 e. The number of aromatic nitrogens is 2. The lowest BCUT2D eigenvalue weighted by atomic mass is 10.1. The van der Waals surface area contributed by atoms with Gasteiger partial charge >= 0.3 is 0 Å². The average molecular weight is 491 g/mol. The number of sulfonamides is 1.